The molecule has 0 heterocycles. The Bertz CT molecular complexity index is 201. The Labute approximate surface area is 73.9 Å². The summed E-state index contributed by atoms with van der Waals surface area (Å²) in [7, 11) is 0.146. The van der Waals surface area contributed by atoms with E-state index in [1.165, 1.54) is 5.01 Å². The van der Waals surface area contributed by atoms with Crippen LogP contribution in [-0.4, -0.2) is 39.8 Å². The van der Waals surface area contributed by atoms with Crippen molar-refractivity contribution in [3.63, 3.8) is 0 Å². The summed E-state index contributed by atoms with van der Waals surface area (Å²) in [6.07, 6.45) is 1.36. The highest BCUT2D eigenvalue weighted by atomic mass is 32.2. The first kappa shape index (κ1) is 11.8. The van der Waals surface area contributed by atoms with Crippen LogP contribution in [0.3, 0.4) is 0 Å². The Morgan fingerprint density at radius 1 is 1.33 bits per heavy atom. The average Bonchev–Trinajstić information content (AvgIpc) is 1.84. The number of nitrogens with zero attached hydrogens (tertiary/aromatic N) is 1. The van der Waals surface area contributed by atoms with E-state index in [0.717, 1.165) is 6.42 Å². The van der Waals surface area contributed by atoms with Gasteiger partial charge in [0.2, 0.25) is 10.0 Å². The summed E-state index contributed by atoms with van der Waals surface area (Å²) >= 11 is 0. The zero-order valence-electron chi connectivity index (χ0n) is 7.58. The fourth-order valence-corrected chi connectivity index (χ4v) is 1.99. The first-order chi connectivity index (χ1) is 5.48. The molecule has 5 nitrogen and oxygen atoms in total. The minimum Gasteiger partial charge on any atom is -0.330 e. The molecule has 0 atom stereocenters. The van der Waals surface area contributed by atoms with Gasteiger partial charge in [-0.2, -0.15) is 0 Å². The van der Waals surface area contributed by atoms with Crippen molar-refractivity contribution in [2.24, 2.45) is 5.73 Å². The van der Waals surface area contributed by atoms with Crippen LogP contribution in [0, 0.1) is 0 Å². The summed E-state index contributed by atoms with van der Waals surface area (Å²) in [4.78, 5) is 2.34. The van der Waals surface area contributed by atoms with Gasteiger partial charge in [0, 0.05) is 14.1 Å². The number of nitrogens with two attached hydrogens (primary N) is 1. The predicted octanol–water partition coefficient (Wildman–Crippen LogP) is -0.879. The summed E-state index contributed by atoms with van der Waals surface area (Å²) in [5.74, 6) is 0.141. The predicted molar refractivity (Wildman–Crippen MR) is 48.9 cm³/mol. The Morgan fingerprint density at radius 2 is 1.92 bits per heavy atom. The lowest BCUT2D eigenvalue weighted by Gasteiger charge is -2.11. The average molecular weight is 195 g/mol. The maximum atomic E-state index is 11.1. The van der Waals surface area contributed by atoms with Crippen LogP contribution in [0.2, 0.25) is 0 Å². The second-order valence-electron chi connectivity index (χ2n) is 2.80. The van der Waals surface area contributed by atoms with Gasteiger partial charge in [0.1, 0.15) is 0 Å². The normalized spacial score (nSPS) is 12.3. The van der Waals surface area contributed by atoms with E-state index in [9.17, 15) is 8.42 Å². The van der Waals surface area contributed by atoms with Crippen LogP contribution in [0.5, 0.6) is 0 Å². The largest absolute Gasteiger partial charge is 0.330 e. The minimum absolute atomic E-state index is 0.141. The molecular weight excluding hydrogens is 178 g/mol. The fraction of sp³-hybridized carbons (Fsp3) is 1.00. The van der Waals surface area contributed by atoms with Gasteiger partial charge in [-0.1, -0.05) is 0 Å². The van der Waals surface area contributed by atoms with Gasteiger partial charge in [-0.15, -0.1) is 4.83 Å². The Hall–Kier alpha value is -0.170. The smallest absolute Gasteiger partial charge is 0.224 e. The van der Waals surface area contributed by atoms with E-state index < -0.39 is 10.0 Å². The number of unbranched alkanes of at least 4 members (excludes halogenated alkanes) is 1. The third-order valence-electron chi connectivity index (χ3n) is 1.19. The minimum atomic E-state index is -3.13. The van der Waals surface area contributed by atoms with Gasteiger partial charge < -0.3 is 5.73 Å². The van der Waals surface area contributed by atoms with Gasteiger partial charge in [-0.3, -0.25) is 0 Å². The molecule has 0 spiro atoms. The van der Waals surface area contributed by atoms with Gasteiger partial charge in [-0.05, 0) is 19.4 Å². The molecule has 0 saturated heterocycles. The fourth-order valence-electron chi connectivity index (χ4n) is 0.760. The van der Waals surface area contributed by atoms with Crippen molar-refractivity contribution in [1.82, 2.24) is 9.84 Å². The molecule has 0 bridgehead atoms. The molecule has 0 rings (SSSR count). The summed E-state index contributed by atoms with van der Waals surface area (Å²) in [6.45, 7) is 0.539. The number of rotatable bonds is 6. The molecule has 0 aliphatic heterocycles. The van der Waals surface area contributed by atoms with E-state index in [2.05, 4.69) is 4.83 Å². The number of sulfonamides is 1. The molecule has 0 aliphatic carbocycles. The highest BCUT2D eigenvalue weighted by Gasteiger charge is 2.09. The zero-order chi connectivity index (χ0) is 9.61. The lowest BCUT2D eigenvalue weighted by atomic mass is 10.3. The van der Waals surface area contributed by atoms with Crippen LogP contribution >= 0.6 is 0 Å². The molecule has 0 aromatic rings. The number of nitrogens with one attached hydrogen (secondary N) is 1. The highest BCUT2D eigenvalue weighted by Crippen LogP contribution is 1.92. The van der Waals surface area contributed by atoms with Crippen molar-refractivity contribution in [2.75, 3.05) is 26.4 Å². The van der Waals surface area contributed by atoms with Crippen LogP contribution in [0.15, 0.2) is 0 Å². The molecular formula is C6H17N3O2S. The lowest BCUT2D eigenvalue weighted by molar-refractivity contribution is 0.363. The van der Waals surface area contributed by atoms with Crippen LogP contribution in [0.1, 0.15) is 12.8 Å². The monoisotopic (exact) mass is 195 g/mol. The maximum Gasteiger partial charge on any atom is 0.224 e. The first-order valence-corrected chi connectivity index (χ1v) is 5.50. The molecule has 0 radical (unpaired) electrons. The molecule has 3 N–H and O–H groups in total. The highest BCUT2D eigenvalue weighted by molar-refractivity contribution is 7.89. The number of hydrazine groups is 1. The molecule has 0 aliphatic rings. The molecule has 0 aromatic carbocycles. The van der Waals surface area contributed by atoms with E-state index in [4.69, 9.17) is 5.73 Å². The first-order valence-electron chi connectivity index (χ1n) is 3.85. The summed E-state index contributed by atoms with van der Waals surface area (Å²) in [5.41, 5.74) is 5.23. The van der Waals surface area contributed by atoms with Gasteiger partial charge >= 0.3 is 0 Å². The molecule has 6 heteroatoms. The lowest BCUT2D eigenvalue weighted by Crippen LogP contribution is -2.37. The van der Waals surface area contributed by atoms with Crippen molar-refractivity contribution >= 4 is 10.0 Å². The molecule has 74 valence electrons. The van der Waals surface area contributed by atoms with Crippen molar-refractivity contribution in [3.05, 3.63) is 0 Å². The molecule has 0 unspecified atom stereocenters. The maximum absolute atomic E-state index is 11.1. The second-order valence-corrected chi connectivity index (χ2v) is 4.62. The van der Waals surface area contributed by atoms with Crippen molar-refractivity contribution in [1.29, 1.82) is 0 Å². The van der Waals surface area contributed by atoms with Crippen LogP contribution in [0.4, 0.5) is 0 Å². The summed E-state index contributed by atoms with van der Waals surface area (Å²) < 4.78 is 22.2. The van der Waals surface area contributed by atoms with Gasteiger partial charge in [-0.25, -0.2) is 13.4 Å². The quantitative estimate of drug-likeness (QED) is 0.426. The summed E-state index contributed by atoms with van der Waals surface area (Å²) in [5, 5.41) is 1.41. The Morgan fingerprint density at radius 3 is 2.33 bits per heavy atom. The topological polar surface area (TPSA) is 75.4 Å². The number of hydrogen-bond donors (Lipinski definition) is 2. The SMILES string of the molecule is CN(C)NS(=O)(=O)CCCCN. The molecule has 0 amide bonds. The molecule has 0 saturated carbocycles. The molecule has 12 heavy (non-hydrogen) atoms. The van der Waals surface area contributed by atoms with Crippen LogP contribution in [-0.2, 0) is 10.0 Å². The molecule has 0 fully saturated rings. The van der Waals surface area contributed by atoms with E-state index in [1.807, 2.05) is 0 Å². The third kappa shape index (κ3) is 6.53. The van der Waals surface area contributed by atoms with Crippen molar-refractivity contribution < 1.29 is 8.42 Å². The van der Waals surface area contributed by atoms with Crippen molar-refractivity contribution in [2.45, 2.75) is 12.8 Å². The van der Waals surface area contributed by atoms with E-state index in [-0.39, 0.29) is 5.75 Å². The summed E-state index contributed by atoms with van der Waals surface area (Å²) in [6, 6.07) is 0. The molecule has 0 aromatic heterocycles. The third-order valence-corrected chi connectivity index (χ3v) is 2.66. The Kier molecular flexibility index (Phi) is 5.39. The van der Waals surface area contributed by atoms with E-state index in [1.54, 1.807) is 14.1 Å². The van der Waals surface area contributed by atoms with Gasteiger partial charge in [0.25, 0.3) is 0 Å². The van der Waals surface area contributed by atoms with Crippen LogP contribution in [0.25, 0.3) is 0 Å². The van der Waals surface area contributed by atoms with E-state index in [0.29, 0.717) is 13.0 Å². The second kappa shape index (κ2) is 5.47. The van der Waals surface area contributed by atoms with Gasteiger partial charge in [0.15, 0.2) is 0 Å². The Balaban J connectivity index is 3.73. The van der Waals surface area contributed by atoms with E-state index >= 15 is 0 Å². The van der Waals surface area contributed by atoms with Gasteiger partial charge in [0.05, 0.1) is 5.75 Å². The van der Waals surface area contributed by atoms with Crippen LogP contribution < -0.4 is 10.6 Å². The standard InChI is InChI=1S/C6H17N3O2S/c1-9(2)8-12(10,11)6-4-3-5-7/h8H,3-7H2,1-2H3. The number of hydrogen-bond acceptors (Lipinski definition) is 4. The van der Waals surface area contributed by atoms with Crippen molar-refractivity contribution in [3.8, 4) is 0 Å². The zero-order valence-corrected chi connectivity index (χ0v) is 8.39.